The molecule has 0 atom stereocenters. The van der Waals surface area contributed by atoms with Crippen LogP contribution in [-0.2, 0) is 4.79 Å². The summed E-state index contributed by atoms with van der Waals surface area (Å²) in [7, 11) is 0. The van der Waals surface area contributed by atoms with Crippen LogP contribution in [-0.4, -0.2) is 22.5 Å². The van der Waals surface area contributed by atoms with Crippen molar-refractivity contribution in [1.29, 1.82) is 0 Å². The van der Waals surface area contributed by atoms with E-state index in [1.807, 2.05) is 0 Å². The second-order valence-electron chi connectivity index (χ2n) is 4.68. The molecule has 0 aliphatic heterocycles. The first-order chi connectivity index (χ1) is 8.94. The van der Waals surface area contributed by atoms with Crippen LogP contribution in [0.15, 0.2) is 18.2 Å². The molecule has 4 nitrogen and oxygen atoms in total. The molecule has 2 rings (SSSR count). The summed E-state index contributed by atoms with van der Waals surface area (Å²) in [5, 5.41) is 11.7. The number of carbonyl (C=O) groups excluding carboxylic acids is 1. The summed E-state index contributed by atoms with van der Waals surface area (Å²) in [4.78, 5) is 23.3. The van der Waals surface area contributed by atoms with Gasteiger partial charge in [0.25, 0.3) is 5.91 Å². The molecule has 6 heteroatoms. The van der Waals surface area contributed by atoms with E-state index in [9.17, 15) is 19.1 Å². The third kappa shape index (κ3) is 2.71. The Kier molecular flexibility index (Phi) is 3.75. The van der Waals surface area contributed by atoms with Crippen LogP contribution in [0.1, 0.15) is 36.0 Å². The summed E-state index contributed by atoms with van der Waals surface area (Å²) < 4.78 is 13.3. The van der Waals surface area contributed by atoms with Gasteiger partial charge in [0.15, 0.2) is 0 Å². The number of nitrogens with one attached hydrogen (secondary N) is 1. The fourth-order valence-corrected chi connectivity index (χ4v) is 2.42. The lowest BCUT2D eigenvalue weighted by molar-refractivity contribution is -0.144. The van der Waals surface area contributed by atoms with E-state index in [1.165, 1.54) is 12.1 Å². The minimum atomic E-state index is -1.23. The maximum absolute atomic E-state index is 13.3. The summed E-state index contributed by atoms with van der Waals surface area (Å²) in [5.41, 5.74) is -1.16. The van der Waals surface area contributed by atoms with Gasteiger partial charge in [-0.05, 0) is 31.0 Å². The number of benzene rings is 1. The normalized spacial score (nSPS) is 17.2. The molecule has 1 aromatic carbocycles. The molecular formula is C13H13ClFNO3. The van der Waals surface area contributed by atoms with Crippen LogP contribution in [0.4, 0.5) is 4.39 Å². The summed E-state index contributed by atoms with van der Waals surface area (Å²) in [6.07, 6.45) is 2.29. The summed E-state index contributed by atoms with van der Waals surface area (Å²) in [6, 6.07) is 3.64. The average Bonchev–Trinajstić information content (AvgIpc) is 2.82. The Bertz CT molecular complexity index is 527. The van der Waals surface area contributed by atoms with Gasteiger partial charge in [-0.2, -0.15) is 0 Å². The van der Waals surface area contributed by atoms with Crippen LogP contribution in [0.5, 0.6) is 0 Å². The monoisotopic (exact) mass is 285 g/mol. The predicted octanol–water partition coefficient (Wildman–Crippen LogP) is 2.61. The Morgan fingerprint density at radius 2 is 1.95 bits per heavy atom. The second kappa shape index (κ2) is 5.17. The van der Waals surface area contributed by atoms with Gasteiger partial charge in [0, 0.05) is 5.56 Å². The van der Waals surface area contributed by atoms with Gasteiger partial charge in [-0.15, -0.1) is 0 Å². The number of carboxylic acids is 1. The van der Waals surface area contributed by atoms with Crippen LogP contribution >= 0.6 is 11.6 Å². The minimum absolute atomic E-state index is 0.0643. The van der Waals surface area contributed by atoms with Crippen molar-refractivity contribution in [1.82, 2.24) is 5.32 Å². The molecule has 1 aliphatic rings. The zero-order valence-corrected chi connectivity index (χ0v) is 10.8. The Hall–Kier alpha value is -1.62. The topological polar surface area (TPSA) is 66.4 Å². The molecule has 102 valence electrons. The molecule has 19 heavy (non-hydrogen) atoms. The van der Waals surface area contributed by atoms with Gasteiger partial charge in [-0.25, -0.2) is 9.18 Å². The number of amides is 1. The molecule has 2 N–H and O–H groups in total. The van der Waals surface area contributed by atoms with E-state index in [0.29, 0.717) is 12.8 Å². The average molecular weight is 286 g/mol. The molecule has 0 heterocycles. The third-order valence-corrected chi connectivity index (χ3v) is 3.71. The third-order valence-electron chi connectivity index (χ3n) is 3.40. The van der Waals surface area contributed by atoms with Gasteiger partial charge in [-0.3, -0.25) is 4.79 Å². The number of aliphatic carboxylic acids is 1. The van der Waals surface area contributed by atoms with E-state index >= 15 is 0 Å². The van der Waals surface area contributed by atoms with Crippen molar-refractivity contribution in [2.75, 3.05) is 0 Å². The zero-order valence-electron chi connectivity index (χ0n) is 10.1. The summed E-state index contributed by atoms with van der Waals surface area (Å²) >= 11 is 5.53. The van der Waals surface area contributed by atoms with Crippen LogP contribution in [0.25, 0.3) is 0 Å². The van der Waals surface area contributed by atoms with Gasteiger partial charge >= 0.3 is 5.97 Å². The van der Waals surface area contributed by atoms with Crippen molar-refractivity contribution >= 4 is 23.5 Å². The SMILES string of the molecule is O=C(NC1(C(=O)O)CCCC1)c1ccc(Cl)c(F)c1. The van der Waals surface area contributed by atoms with Crippen molar-refractivity contribution in [3.63, 3.8) is 0 Å². The maximum Gasteiger partial charge on any atom is 0.329 e. The van der Waals surface area contributed by atoms with E-state index in [0.717, 1.165) is 18.9 Å². The smallest absolute Gasteiger partial charge is 0.329 e. The highest BCUT2D eigenvalue weighted by Crippen LogP contribution is 2.30. The first-order valence-electron chi connectivity index (χ1n) is 5.95. The van der Waals surface area contributed by atoms with Crippen molar-refractivity contribution in [2.24, 2.45) is 0 Å². The highest BCUT2D eigenvalue weighted by molar-refractivity contribution is 6.30. The van der Waals surface area contributed by atoms with Crippen LogP contribution in [0.2, 0.25) is 5.02 Å². The van der Waals surface area contributed by atoms with E-state index in [-0.39, 0.29) is 10.6 Å². The summed E-state index contributed by atoms with van der Waals surface area (Å²) in [6.45, 7) is 0. The highest BCUT2D eigenvalue weighted by atomic mass is 35.5. The van der Waals surface area contributed by atoms with Crippen LogP contribution in [0, 0.1) is 5.82 Å². The first kappa shape index (κ1) is 13.8. The van der Waals surface area contributed by atoms with Gasteiger partial charge in [0.2, 0.25) is 0 Å². The van der Waals surface area contributed by atoms with Gasteiger partial charge in [0.1, 0.15) is 11.4 Å². The van der Waals surface area contributed by atoms with Crippen molar-refractivity contribution < 1.29 is 19.1 Å². The van der Waals surface area contributed by atoms with E-state index in [1.54, 1.807) is 0 Å². The van der Waals surface area contributed by atoms with Gasteiger partial charge < -0.3 is 10.4 Å². The fourth-order valence-electron chi connectivity index (χ4n) is 2.30. The molecule has 1 fully saturated rings. The zero-order chi connectivity index (χ0) is 14.0. The quantitative estimate of drug-likeness (QED) is 0.897. The van der Waals surface area contributed by atoms with Gasteiger partial charge in [0.05, 0.1) is 5.02 Å². The van der Waals surface area contributed by atoms with E-state index < -0.39 is 23.2 Å². The lowest BCUT2D eigenvalue weighted by Crippen LogP contribution is -2.52. The molecule has 0 saturated heterocycles. The van der Waals surface area contributed by atoms with Crippen molar-refractivity contribution in [2.45, 2.75) is 31.2 Å². The fraction of sp³-hybridized carbons (Fsp3) is 0.385. The molecule has 0 bridgehead atoms. The highest BCUT2D eigenvalue weighted by Gasteiger charge is 2.42. The number of halogens is 2. The predicted molar refractivity (Wildman–Crippen MR) is 67.7 cm³/mol. The van der Waals surface area contributed by atoms with E-state index in [2.05, 4.69) is 5.32 Å². The lowest BCUT2D eigenvalue weighted by Gasteiger charge is -2.25. The molecular weight excluding hydrogens is 273 g/mol. The van der Waals surface area contributed by atoms with E-state index in [4.69, 9.17) is 11.6 Å². The second-order valence-corrected chi connectivity index (χ2v) is 5.08. The molecule has 1 amide bonds. The molecule has 1 saturated carbocycles. The van der Waals surface area contributed by atoms with Gasteiger partial charge in [-0.1, -0.05) is 24.4 Å². The Morgan fingerprint density at radius 3 is 2.47 bits per heavy atom. The number of hydrogen-bond donors (Lipinski definition) is 2. The lowest BCUT2D eigenvalue weighted by atomic mass is 9.97. The van der Waals surface area contributed by atoms with Crippen LogP contribution in [0.3, 0.4) is 0 Å². The minimum Gasteiger partial charge on any atom is -0.480 e. The molecule has 0 spiro atoms. The van der Waals surface area contributed by atoms with Crippen molar-refractivity contribution in [3.05, 3.63) is 34.6 Å². The first-order valence-corrected chi connectivity index (χ1v) is 6.33. The largest absolute Gasteiger partial charge is 0.480 e. The standard InChI is InChI=1S/C13H13ClFNO3/c14-9-4-3-8(7-10(9)15)11(17)16-13(12(18)19)5-1-2-6-13/h3-4,7H,1-2,5-6H2,(H,16,17)(H,18,19). The number of rotatable bonds is 3. The van der Waals surface area contributed by atoms with Crippen LogP contribution < -0.4 is 5.32 Å². The number of carbonyl (C=O) groups is 2. The molecule has 0 radical (unpaired) electrons. The molecule has 1 aromatic rings. The Balaban J connectivity index is 2.20. The number of carboxylic acid groups (broad SMARTS) is 1. The molecule has 0 aromatic heterocycles. The summed E-state index contributed by atoms with van der Waals surface area (Å²) in [5.74, 6) is -2.35. The Labute approximate surface area is 114 Å². The number of hydrogen-bond acceptors (Lipinski definition) is 2. The Morgan fingerprint density at radius 1 is 1.32 bits per heavy atom. The molecule has 1 aliphatic carbocycles. The maximum atomic E-state index is 13.3. The van der Waals surface area contributed by atoms with Crippen molar-refractivity contribution in [3.8, 4) is 0 Å². The molecule has 0 unspecified atom stereocenters.